The van der Waals surface area contributed by atoms with Gasteiger partial charge in [-0.05, 0) is 81.9 Å². The molecule has 0 bridgehead atoms. The van der Waals surface area contributed by atoms with Crippen molar-refractivity contribution in [2.75, 3.05) is 102 Å². The monoisotopic (exact) mass is 1280 g/mol. The van der Waals surface area contributed by atoms with E-state index >= 15 is 0 Å². The molecule has 28 heteroatoms. The summed E-state index contributed by atoms with van der Waals surface area (Å²) in [7, 11) is -3.60. The Morgan fingerprint density at radius 3 is 1.83 bits per heavy atom. The zero-order chi connectivity index (χ0) is 60.7. The van der Waals surface area contributed by atoms with Crippen LogP contribution in [0.2, 0.25) is 0 Å². The maximum absolute atomic E-state index is 12.4. The molecule has 1 radical (unpaired) electrons. The molecule has 0 fully saturated rings. The van der Waals surface area contributed by atoms with Gasteiger partial charge in [0.1, 0.15) is 54.4 Å². The molecule has 0 saturated carbocycles. The van der Waals surface area contributed by atoms with Crippen LogP contribution in [0.25, 0.3) is 0 Å². The first kappa shape index (κ1) is 79.8. The van der Waals surface area contributed by atoms with Crippen molar-refractivity contribution in [1.29, 1.82) is 0 Å². The van der Waals surface area contributed by atoms with Crippen molar-refractivity contribution < 1.29 is 133 Å². The number of carbonyl (C=O) groups excluding carboxylic acids is 7. The van der Waals surface area contributed by atoms with Crippen LogP contribution in [0, 0.1) is 18.8 Å². The van der Waals surface area contributed by atoms with Gasteiger partial charge >= 0.3 is 17.9 Å². The van der Waals surface area contributed by atoms with Crippen molar-refractivity contribution in [3.05, 3.63) is 36.8 Å². The molecule has 0 aromatic heterocycles. The summed E-state index contributed by atoms with van der Waals surface area (Å²) in [5, 5.41) is 44.2. The number of unbranched alkanes of at least 4 members (excludes halogenated alkanes) is 7. The zero-order valence-corrected chi connectivity index (χ0v) is 51.7. The average Bonchev–Trinajstić information content (AvgIpc) is 3.41. The number of amides is 3. The van der Waals surface area contributed by atoms with E-state index < -0.39 is 76.3 Å². The van der Waals surface area contributed by atoms with Gasteiger partial charge in [0.15, 0.2) is 9.84 Å². The molecule has 1 aromatic rings. The Hall–Kier alpha value is -4.32. The summed E-state index contributed by atoms with van der Waals surface area (Å²) >= 11 is 1.15. The van der Waals surface area contributed by atoms with Crippen LogP contribution in [0.1, 0.15) is 120 Å². The van der Waals surface area contributed by atoms with Gasteiger partial charge in [-0.1, -0.05) is 32.1 Å². The van der Waals surface area contributed by atoms with Gasteiger partial charge in [0, 0.05) is 78.1 Å². The number of aliphatic hydroxyl groups is 1. The molecule has 0 unspecified atom stereocenters. The molecule has 1 rings (SSSR count). The number of hydrogen-bond acceptors (Lipinski definition) is 20. The van der Waals surface area contributed by atoms with E-state index in [1.807, 2.05) is 0 Å². The Labute approximate surface area is 510 Å². The number of carboxylic acid groups (broad SMARTS) is 3. The topological polar surface area (TPSA) is 394 Å². The fourth-order valence-electron chi connectivity index (χ4n) is 6.92. The number of nitrogens with one attached hydrogen (secondary N) is 3. The molecule has 0 saturated heterocycles. The molecule has 0 heterocycles. The predicted octanol–water partition coefficient (Wildman–Crippen LogP) is 2.40. The second kappa shape index (κ2) is 51.1. The minimum atomic E-state index is -3.60. The number of aliphatic hydroxyl groups excluding tert-OH is 1. The number of carbonyl (C=O) groups is 10. The fourth-order valence-corrected chi connectivity index (χ4v) is 9.16. The van der Waals surface area contributed by atoms with Crippen molar-refractivity contribution >= 4 is 80.9 Å². The van der Waals surface area contributed by atoms with Crippen LogP contribution in [0.15, 0.2) is 24.3 Å². The number of aromatic carboxylic acids is 1. The SMILES string of the molecule is C[C@H](N)C=O.[CH2-][C@@H](CSCC(=O)NCCCC[C@@H](NC(=O)COCCOCCNC(=O)COCCOCCCC(=O)CCCS(=O)(=O)CC(=O)CCCCCCCCCOc1ccc(C(=O)O)cc1)C(=O)O)C(=O)C[C@@H](CO)C(=O)O.[Y]. The van der Waals surface area contributed by atoms with E-state index in [2.05, 4.69) is 22.9 Å². The van der Waals surface area contributed by atoms with Gasteiger partial charge in [-0.25, -0.2) is 18.0 Å². The number of rotatable bonds is 52. The van der Waals surface area contributed by atoms with Gasteiger partial charge in [-0.2, -0.15) is 11.8 Å². The Bertz CT molecular complexity index is 2120. The maximum atomic E-state index is 12.4. The Morgan fingerprint density at radius 1 is 0.671 bits per heavy atom. The predicted molar refractivity (Wildman–Crippen MR) is 299 cm³/mol. The summed E-state index contributed by atoms with van der Waals surface area (Å²) < 4.78 is 51.8. The van der Waals surface area contributed by atoms with Crippen LogP contribution in [0.3, 0.4) is 0 Å². The van der Waals surface area contributed by atoms with Crippen molar-refractivity contribution in [2.45, 2.75) is 122 Å². The number of hydrogen-bond donors (Lipinski definition) is 8. The van der Waals surface area contributed by atoms with Crippen LogP contribution >= 0.6 is 11.8 Å². The van der Waals surface area contributed by atoms with Gasteiger partial charge in [-0.15, -0.1) is 5.92 Å². The maximum Gasteiger partial charge on any atom is 0.335 e. The van der Waals surface area contributed by atoms with Gasteiger partial charge in [0.2, 0.25) is 17.7 Å². The van der Waals surface area contributed by atoms with Gasteiger partial charge in [0.25, 0.3) is 0 Å². The third-order valence-corrected chi connectivity index (χ3v) is 14.2. The molecule has 3 amide bonds. The van der Waals surface area contributed by atoms with E-state index in [4.69, 9.17) is 44.7 Å². The number of aliphatic carboxylic acids is 2. The second-order valence-corrected chi connectivity index (χ2v) is 22.1. The van der Waals surface area contributed by atoms with Crippen molar-refractivity contribution in [3.8, 4) is 5.75 Å². The average molecular weight is 1280 g/mol. The first-order chi connectivity index (χ1) is 38.6. The molecule has 465 valence electrons. The van der Waals surface area contributed by atoms with Crippen LogP contribution in [0.4, 0.5) is 0 Å². The molecule has 0 aliphatic heterocycles. The Morgan fingerprint density at radius 2 is 1.23 bits per heavy atom. The molecule has 82 heavy (non-hydrogen) atoms. The quantitative estimate of drug-likeness (QED) is 0.0264. The number of thioether (sulfide) groups is 1. The fraction of sp³-hybridized carbons (Fsp3) is 0.685. The summed E-state index contributed by atoms with van der Waals surface area (Å²) in [5.74, 6) is -7.48. The number of ether oxygens (including phenoxy) is 5. The third kappa shape index (κ3) is 47.1. The van der Waals surface area contributed by atoms with Gasteiger partial charge in [-0.3, -0.25) is 28.8 Å². The molecule has 4 atom stereocenters. The van der Waals surface area contributed by atoms with Crippen molar-refractivity contribution in [1.82, 2.24) is 16.0 Å². The molecule has 0 aliphatic carbocycles. The largest absolute Gasteiger partial charge is 0.494 e. The molecule has 25 nitrogen and oxygen atoms in total. The minimum absolute atomic E-state index is 0. The molecule has 9 N–H and O–H groups in total. The number of sulfone groups is 1. The van der Waals surface area contributed by atoms with Crippen molar-refractivity contribution in [3.63, 3.8) is 0 Å². The molecule has 0 aliphatic rings. The summed E-state index contributed by atoms with van der Waals surface area (Å²) in [6.45, 7) is 5.94. The summed E-state index contributed by atoms with van der Waals surface area (Å²) in [6, 6.07) is 4.81. The second-order valence-electron chi connectivity index (χ2n) is 18.9. The summed E-state index contributed by atoms with van der Waals surface area (Å²) in [4.78, 5) is 116. The van der Waals surface area contributed by atoms with Crippen LogP contribution in [0.5, 0.6) is 5.75 Å². The molecular weight excluding hydrogens is 1190 g/mol. The number of aldehydes is 1. The van der Waals surface area contributed by atoms with Gasteiger partial charge < -0.3 is 82.3 Å². The summed E-state index contributed by atoms with van der Waals surface area (Å²) in [5.41, 5.74) is 5.13. The van der Waals surface area contributed by atoms with E-state index in [9.17, 15) is 61.5 Å². The van der Waals surface area contributed by atoms with E-state index in [0.29, 0.717) is 44.3 Å². The first-order valence-electron chi connectivity index (χ1n) is 27.1. The third-order valence-electron chi connectivity index (χ3n) is 11.4. The van der Waals surface area contributed by atoms with Crippen LogP contribution < -0.4 is 26.4 Å². The Balaban J connectivity index is 0. The number of benzene rings is 1. The number of nitrogens with two attached hydrogens (primary N) is 1. The standard InChI is InChI=1S/C51H80N3O20S2.C3H7NO.Y/c1-38(45(58)31-40(32-55)50(64)65)35-75-36-48(61)52-21-9-8-16-44(51(66)67)54-47(60)34-73-29-27-71-25-22-53-46(59)33-72-28-26-70-23-11-14-41(56)15-12-30-76(68,69)37-42(57)13-7-5-3-2-4-6-10-24-74-43-19-17-39(18-20-43)49(62)63;1-3(4)2-5;/h17-20,38,40,44,55H,1-16,21-37H2,(H,52,61)(H,53,59)(H,54,60)(H,62,63)(H,64,65)(H,66,67);2-3H,4H2,1H3;/q-1;;/t38-,40-,44+;3-;/m00./s1. The zero-order valence-electron chi connectivity index (χ0n) is 47.2. The smallest absolute Gasteiger partial charge is 0.335 e. The molecule has 0 spiro atoms. The van der Waals surface area contributed by atoms with E-state index in [0.717, 1.165) is 50.3 Å². The number of carboxylic acids is 3. The van der Waals surface area contributed by atoms with E-state index in [1.165, 1.54) is 12.1 Å². The number of ketones is 3. The van der Waals surface area contributed by atoms with Crippen LogP contribution in [-0.2, 0) is 105 Å². The normalized spacial score (nSPS) is 12.4. The van der Waals surface area contributed by atoms with Crippen LogP contribution in [-0.4, -0.2) is 202 Å². The van der Waals surface area contributed by atoms with Crippen molar-refractivity contribution in [2.24, 2.45) is 17.6 Å². The van der Waals surface area contributed by atoms with E-state index in [1.54, 1.807) is 19.1 Å². The molecular formula is C54H87N4O21S2Y-. The van der Waals surface area contributed by atoms with Gasteiger partial charge in [0.05, 0.1) is 75.3 Å². The minimum Gasteiger partial charge on any atom is -0.494 e. The molecule has 1 aromatic carbocycles. The van der Waals surface area contributed by atoms with E-state index in [-0.39, 0.29) is 183 Å². The summed E-state index contributed by atoms with van der Waals surface area (Å²) in [6.07, 6.45) is 8.65. The first-order valence-corrected chi connectivity index (χ1v) is 30.1. The Kier molecular flexibility index (Phi) is 49.7. The number of Topliss-reactive ketones (excluding diaryl/α,β-unsaturated/α-hetero) is 3.